The van der Waals surface area contributed by atoms with Gasteiger partial charge in [0.15, 0.2) is 0 Å². The Morgan fingerprint density at radius 2 is 2.56 bits per heavy atom. The Labute approximate surface area is 101 Å². The Morgan fingerprint density at radius 1 is 1.69 bits per heavy atom. The van der Waals surface area contributed by atoms with Crippen LogP contribution in [0.25, 0.3) is 0 Å². The standard InChI is InChI=1S/C12H20N2OS/c1-9-14-12(8-16-9)6-11(13-2)5-10-3-4-15-7-10/h8,10-11,13H,3-7H2,1-2H3. The normalized spacial score (nSPS) is 22.5. The van der Waals surface area contributed by atoms with E-state index in [0.717, 1.165) is 30.6 Å². The lowest BCUT2D eigenvalue weighted by molar-refractivity contribution is 0.181. The van der Waals surface area contributed by atoms with Crippen molar-refractivity contribution in [1.82, 2.24) is 10.3 Å². The Bertz CT molecular complexity index is 321. The van der Waals surface area contributed by atoms with Gasteiger partial charge in [-0.05, 0) is 32.7 Å². The Balaban J connectivity index is 1.84. The SMILES string of the molecule is CNC(Cc1csc(C)n1)CC1CCOC1. The van der Waals surface area contributed by atoms with Crippen molar-refractivity contribution in [3.63, 3.8) is 0 Å². The molecule has 1 fully saturated rings. The first-order valence-corrected chi connectivity index (χ1v) is 6.82. The van der Waals surface area contributed by atoms with Crippen molar-refractivity contribution < 1.29 is 4.74 Å². The summed E-state index contributed by atoms with van der Waals surface area (Å²) < 4.78 is 5.42. The fourth-order valence-electron chi connectivity index (χ4n) is 2.23. The lowest BCUT2D eigenvalue weighted by atomic mass is 9.96. The van der Waals surface area contributed by atoms with E-state index in [9.17, 15) is 0 Å². The second-order valence-electron chi connectivity index (χ2n) is 4.51. The molecule has 0 saturated carbocycles. The molecule has 3 nitrogen and oxygen atoms in total. The zero-order chi connectivity index (χ0) is 11.4. The van der Waals surface area contributed by atoms with Crippen molar-refractivity contribution >= 4 is 11.3 Å². The van der Waals surface area contributed by atoms with Crippen LogP contribution >= 0.6 is 11.3 Å². The van der Waals surface area contributed by atoms with Gasteiger partial charge in [0.05, 0.1) is 10.7 Å². The molecule has 0 spiro atoms. The number of rotatable bonds is 5. The number of aromatic nitrogens is 1. The molecule has 0 amide bonds. The minimum atomic E-state index is 0.535. The fourth-order valence-corrected chi connectivity index (χ4v) is 2.85. The van der Waals surface area contributed by atoms with E-state index >= 15 is 0 Å². The molecule has 1 aromatic rings. The summed E-state index contributed by atoms with van der Waals surface area (Å²) in [6, 6.07) is 0.535. The highest BCUT2D eigenvalue weighted by molar-refractivity contribution is 7.09. The highest BCUT2D eigenvalue weighted by Crippen LogP contribution is 2.20. The van der Waals surface area contributed by atoms with Crippen molar-refractivity contribution in [2.24, 2.45) is 5.92 Å². The van der Waals surface area contributed by atoms with Gasteiger partial charge in [-0.3, -0.25) is 0 Å². The number of hydrogen-bond acceptors (Lipinski definition) is 4. The molecule has 1 aromatic heterocycles. The maximum Gasteiger partial charge on any atom is 0.0897 e. The van der Waals surface area contributed by atoms with Crippen LogP contribution in [0.15, 0.2) is 5.38 Å². The quantitative estimate of drug-likeness (QED) is 0.855. The third-order valence-corrected chi connectivity index (χ3v) is 3.99. The number of likely N-dealkylation sites (N-methyl/N-ethyl adjacent to an activating group) is 1. The van der Waals surface area contributed by atoms with E-state index < -0.39 is 0 Å². The first kappa shape index (κ1) is 12.0. The Morgan fingerprint density at radius 3 is 3.12 bits per heavy atom. The number of aryl methyl sites for hydroxylation is 1. The molecule has 4 heteroatoms. The van der Waals surface area contributed by atoms with Crippen LogP contribution in [0.1, 0.15) is 23.5 Å². The van der Waals surface area contributed by atoms with Crippen LogP contribution in [-0.4, -0.2) is 31.3 Å². The summed E-state index contributed by atoms with van der Waals surface area (Å²) in [7, 11) is 2.04. The summed E-state index contributed by atoms with van der Waals surface area (Å²) in [6.07, 6.45) is 3.46. The maximum atomic E-state index is 5.42. The van der Waals surface area contributed by atoms with Crippen molar-refractivity contribution in [2.45, 2.75) is 32.2 Å². The fraction of sp³-hybridized carbons (Fsp3) is 0.750. The topological polar surface area (TPSA) is 34.2 Å². The van der Waals surface area contributed by atoms with Crippen LogP contribution in [0.4, 0.5) is 0 Å². The molecule has 0 aromatic carbocycles. The second kappa shape index (κ2) is 5.75. The third-order valence-electron chi connectivity index (χ3n) is 3.17. The van der Waals surface area contributed by atoms with Gasteiger partial charge in [0.1, 0.15) is 0 Å². The zero-order valence-electron chi connectivity index (χ0n) is 10.0. The van der Waals surface area contributed by atoms with Crippen LogP contribution in [0.2, 0.25) is 0 Å². The summed E-state index contributed by atoms with van der Waals surface area (Å²) in [5.41, 5.74) is 1.22. The van der Waals surface area contributed by atoms with E-state index in [2.05, 4.69) is 22.6 Å². The lowest BCUT2D eigenvalue weighted by Crippen LogP contribution is -2.30. The molecule has 0 bridgehead atoms. The van der Waals surface area contributed by atoms with Crippen LogP contribution in [0.3, 0.4) is 0 Å². The van der Waals surface area contributed by atoms with Crippen LogP contribution < -0.4 is 5.32 Å². The van der Waals surface area contributed by atoms with Gasteiger partial charge in [0, 0.05) is 31.1 Å². The van der Waals surface area contributed by atoms with Gasteiger partial charge in [-0.25, -0.2) is 4.98 Å². The van der Waals surface area contributed by atoms with Crippen LogP contribution in [0.5, 0.6) is 0 Å². The van der Waals surface area contributed by atoms with E-state index in [1.165, 1.54) is 18.5 Å². The Hall–Kier alpha value is -0.450. The first-order chi connectivity index (χ1) is 7.78. The number of nitrogens with one attached hydrogen (secondary N) is 1. The summed E-state index contributed by atoms with van der Waals surface area (Å²) in [6.45, 7) is 3.94. The summed E-state index contributed by atoms with van der Waals surface area (Å²) in [5.74, 6) is 0.734. The molecule has 0 aliphatic carbocycles. The predicted octanol–water partition coefficient (Wildman–Crippen LogP) is 2.01. The summed E-state index contributed by atoms with van der Waals surface area (Å²) in [4.78, 5) is 4.52. The van der Waals surface area contributed by atoms with E-state index in [-0.39, 0.29) is 0 Å². The van der Waals surface area contributed by atoms with Crippen molar-refractivity contribution in [2.75, 3.05) is 20.3 Å². The smallest absolute Gasteiger partial charge is 0.0897 e. The molecule has 16 heavy (non-hydrogen) atoms. The van der Waals surface area contributed by atoms with Crippen molar-refractivity contribution in [3.8, 4) is 0 Å². The molecule has 1 aliphatic rings. The van der Waals surface area contributed by atoms with Gasteiger partial charge in [0.25, 0.3) is 0 Å². The highest BCUT2D eigenvalue weighted by Gasteiger charge is 2.20. The average Bonchev–Trinajstić information content (AvgIpc) is 2.89. The first-order valence-electron chi connectivity index (χ1n) is 5.94. The summed E-state index contributed by atoms with van der Waals surface area (Å²) >= 11 is 1.74. The predicted molar refractivity (Wildman–Crippen MR) is 66.9 cm³/mol. The third kappa shape index (κ3) is 3.27. The van der Waals surface area contributed by atoms with Crippen molar-refractivity contribution in [1.29, 1.82) is 0 Å². The Kier molecular flexibility index (Phi) is 4.32. The van der Waals surface area contributed by atoms with Gasteiger partial charge in [-0.1, -0.05) is 0 Å². The van der Waals surface area contributed by atoms with Gasteiger partial charge < -0.3 is 10.1 Å². The molecule has 2 atom stereocenters. The largest absolute Gasteiger partial charge is 0.381 e. The molecular formula is C12H20N2OS. The van der Waals surface area contributed by atoms with Crippen molar-refractivity contribution in [3.05, 3.63) is 16.1 Å². The van der Waals surface area contributed by atoms with E-state index in [1.807, 2.05) is 7.05 Å². The van der Waals surface area contributed by atoms with Crippen LogP contribution in [0, 0.1) is 12.8 Å². The van der Waals surface area contributed by atoms with E-state index in [4.69, 9.17) is 4.74 Å². The minimum Gasteiger partial charge on any atom is -0.381 e. The minimum absolute atomic E-state index is 0.535. The van der Waals surface area contributed by atoms with Gasteiger partial charge in [-0.2, -0.15) is 0 Å². The van der Waals surface area contributed by atoms with E-state index in [1.54, 1.807) is 11.3 Å². The number of nitrogens with zero attached hydrogens (tertiary/aromatic N) is 1. The van der Waals surface area contributed by atoms with Gasteiger partial charge in [-0.15, -0.1) is 11.3 Å². The highest BCUT2D eigenvalue weighted by atomic mass is 32.1. The molecule has 2 heterocycles. The monoisotopic (exact) mass is 240 g/mol. The molecule has 1 saturated heterocycles. The molecule has 2 rings (SSSR count). The number of ether oxygens (including phenoxy) is 1. The summed E-state index contributed by atoms with van der Waals surface area (Å²) in [5, 5.41) is 6.73. The molecule has 2 unspecified atom stereocenters. The number of hydrogen-bond donors (Lipinski definition) is 1. The maximum absolute atomic E-state index is 5.42. The molecule has 1 N–H and O–H groups in total. The lowest BCUT2D eigenvalue weighted by Gasteiger charge is -2.18. The molecule has 90 valence electrons. The average molecular weight is 240 g/mol. The zero-order valence-corrected chi connectivity index (χ0v) is 10.8. The molecular weight excluding hydrogens is 220 g/mol. The molecule has 0 radical (unpaired) electrons. The van der Waals surface area contributed by atoms with Gasteiger partial charge >= 0.3 is 0 Å². The number of thiazole rings is 1. The van der Waals surface area contributed by atoms with Gasteiger partial charge in [0.2, 0.25) is 0 Å². The van der Waals surface area contributed by atoms with E-state index in [0.29, 0.717) is 6.04 Å². The van der Waals surface area contributed by atoms with Crippen LogP contribution in [-0.2, 0) is 11.2 Å². The second-order valence-corrected chi connectivity index (χ2v) is 5.58. The molecule has 1 aliphatic heterocycles.